The molecule has 1 aromatic heterocycles. The molecule has 0 aliphatic rings. The van der Waals surface area contributed by atoms with Gasteiger partial charge in [-0.15, -0.1) is 0 Å². The van der Waals surface area contributed by atoms with Gasteiger partial charge in [0.25, 0.3) is 0 Å². The third kappa shape index (κ3) is 2.51. The van der Waals surface area contributed by atoms with Crippen LogP contribution < -0.4 is 0 Å². The summed E-state index contributed by atoms with van der Waals surface area (Å²) in [5, 5.41) is 9.62. The fourth-order valence-electron chi connectivity index (χ4n) is 1.69. The Bertz CT molecular complexity index is 492. The van der Waals surface area contributed by atoms with Crippen molar-refractivity contribution in [3.63, 3.8) is 0 Å². The van der Waals surface area contributed by atoms with E-state index < -0.39 is 5.97 Å². The van der Waals surface area contributed by atoms with E-state index >= 15 is 0 Å². The maximum absolute atomic E-state index is 10.3. The van der Waals surface area contributed by atoms with Crippen LogP contribution in [0.3, 0.4) is 0 Å². The maximum Gasteiger partial charge on any atom is 0.327 e. The number of benzene rings is 1. The molecular formula is C13H13NO2. The summed E-state index contributed by atoms with van der Waals surface area (Å²) in [5.41, 5.74) is 2.26. The van der Waals surface area contributed by atoms with Gasteiger partial charge >= 0.3 is 5.97 Å². The monoisotopic (exact) mass is 215 g/mol. The summed E-state index contributed by atoms with van der Waals surface area (Å²) >= 11 is 0. The Morgan fingerprint density at radius 3 is 2.94 bits per heavy atom. The van der Waals surface area contributed by atoms with E-state index in [0.29, 0.717) is 0 Å². The smallest absolute Gasteiger partial charge is 0.327 e. The van der Waals surface area contributed by atoms with Crippen molar-refractivity contribution in [2.24, 2.45) is 0 Å². The molecule has 0 radical (unpaired) electrons. The van der Waals surface area contributed by atoms with Gasteiger partial charge < -0.3 is 10.1 Å². The molecule has 0 saturated carbocycles. The third-order valence-electron chi connectivity index (χ3n) is 2.43. The van der Waals surface area contributed by atoms with Crippen LogP contribution in [0.4, 0.5) is 0 Å². The third-order valence-corrected chi connectivity index (χ3v) is 2.43. The van der Waals surface area contributed by atoms with Gasteiger partial charge in [-0.1, -0.05) is 24.3 Å². The van der Waals surface area contributed by atoms with Crippen LogP contribution in [0.2, 0.25) is 0 Å². The van der Waals surface area contributed by atoms with Crippen LogP contribution in [0, 0.1) is 0 Å². The van der Waals surface area contributed by atoms with E-state index in [0.717, 1.165) is 24.1 Å². The number of hydrogen-bond donors (Lipinski definition) is 2. The minimum absolute atomic E-state index is 0.735. The molecule has 82 valence electrons. The summed E-state index contributed by atoms with van der Waals surface area (Å²) in [6.45, 7) is 0. The highest BCUT2D eigenvalue weighted by atomic mass is 16.4. The first-order valence-corrected chi connectivity index (χ1v) is 5.22. The second kappa shape index (κ2) is 4.66. The van der Waals surface area contributed by atoms with Gasteiger partial charge in [0.05, 0.1) is 0 Å². The standard InChI is InChI=1S/C13H13NO2/c15-13(16)8-4-2-6-11-9-10-5-1-3-7-12(10)14-11/h1,3-5,7-9,14H,2,6H2,(H,15,16). The van der Waals surface area contributed by atoms with E-state index in [-0.39, 0.29) is 0 Å². The molecule has 2 N–H and O–H groups in total. The summed E-state index contributed by atoms with van der Waals surface area (Å²) in [5.74, 6) is -0.892. The lowest BCUT2D eigenvalue weighted by atomic mass is 10.2. The molecule has 0 amide bonds. The van der Waals surface area contributed by atoms with Crippen LogP contribution in [-0.4, -0.2) is 16.1 Å². The van der Waals surface area contributed by atoms with Crippen molar-refractivity contribution in [2.45, 2.75) is 12.8 Å². The Kier molecular flexibility index (Phi) is 3.05. The Morgan fingerprint density at radius 1 is 1.38 bits per heavy atom. The van der Waals surface area contributed by atoms with Crippen LogP contribution in [0.25, 0.3) is 10.9 Å². The average Bonchev–Trinajstić information content (AvgIpc) is 2.66. The Hall–Kier alpha value is -2.03. The first kappa shape index (κ1) is 10.5. The highest BCUT2D eigenvalue weighted by molar-refractivity contribution is 5.80. The second-order valence-corrected chi connectivity index (χ2v) is 3.66. The number of hydrogen-bond acceptors (Lipinski definition) is 1. The Balaban J connectivity index is 2.02. The summed E-state index contributed by atoms with van der Waals surface area (Å²) in [7, 11) is 0. The fourth-order valence-corrected chi connectivity index (χ4v) is 1.69. The van der Waals surface area contributed by atoms with Crippen molar-refractivity contribution in [1.82, 2.24) is 4.98 Å². The zero-order valence-corrected chi connectivity index (χ0v) is 8.81. The van der Waals surface area contributed by atoms with E-state index in [1.54, 1.807) is 6.08 Å². The molecule has 2 rings (SSSR count). The first-order chi connectivity index (χ1) is 7.75. The second-order valence-electron chi connectivity index (χ2n) is 3.66. The molecule has 0 aliphatic heterocycles. The number of carboxylic acid groups (broad SMARTS) is 1. The van der Waals surface area contributed by atoms with Crippen LogP contribution in [0.5, 0.6) is 0 Å². The van der Waals surface area contributed by atoms with Gasteiger partial charge in [0.2, 0.25) is 0 Å². The lowest BCUT2D eigenvalue weighted by molar-refractivity contribution is -0.131. The number of nitrogens with one attached hydrogen (secondary N) is 1. The van der Waals surface area contributed by atoms with Gasteiger partial charge in [-0.25, -0.2) is 4.79 Å². The number of para-hydroxylation sites is 1. The molecule has 0 saturated heterocycles. The van der Waals surface area contributed by atoms with Crippen molar-refractivity contribution in [2.75, 3.05) is 0 Å². The first-order valence-electron chi connectivity index (χ1n) is 5.22. The zero-order chi connectivity index (χ0) is 11.4. The number of aryl methyl sites for hydroxylation is 1. The predicted octanol–water partition coefficient (Wildman–Crippen LogP) is 2.74. The normalized spacial score (nSPS) is 11.2. The number of aromatic nitrogens is 1. The molecule has 0 fully saturated rings. The molecule has 3 nitrogen and oxygen atoms in total. The van der Waals surface area contributed by atoms with Gasteiger partial charge in [0, 0.05) is 17.3 Å². The lowest BCUT2D eigenvalue weighted by Crippen LogP contribution is -1.87. The molecule has 1 heterocycles. The number of carbonyl (C=O) groups is 1. The molecule has 0 unspecified atom stereocenters. The number of aromatic amines is 1. The highest BCUT2D eigenvalue weighted by Crippen LogP contribution is 2.15. The molecule has 0 atom stereocenters. The Labute approximate surface area is 93.4 Å². The predicted molar refractivity (Wildman–Crippen MR) is 63.4 cm³/mol. The molecule has 0 spiro atoms. The van der Waals surface area contributed by atoms with Crippen LogP contribution in [-0.2, 0) is 11.2 Å². The molecule has 3 heteroatoms. The summed E-state index contributed by atoms with van der Waals surface area (Å²) in [4.78, 5) is 13.6. The van der Waals surface area contributed by atoms with Crippen molar-refractivity contribution in [1.29, 1.82) is 0 Å². The van der Waals surface area contributed by atoms with Crippen LogP contribution in [0.1, 0.15) is 12.1 Å². The average molecular weight is 215 g/mol. The number of allylic oxidation sites excluding steroid dienone is 1. The number of carboxylic acids is 1. The summed E-state index contributed by atoms with van der Waals surface area (Å²) in [6.07, 6.45) is 4.42. The number of aliphatic carboxylic acids is 1. The van der Waals surface area contributed by atoms with Gasteiger partial charge in [0.15, 0.2) is 0 Å². The number of H-pyrrole nitrogens is 1. The van der Waals surface area contributed by atoms with Crippen molar-refractivity contribution >= 4 is 16.9 Å². The topological polar surface area (TPSA) is 53.1 Å². The molecule has 16 heavy (non-hydrogen) atoms. The van der Waals surface area contributed by atoms with E-state index in [2.05, 4.69) is 17.1 Å². The van der Waals surface area contributed by atoms with Crippen LogP contribution >= 0.6 is 0 Å². The SMILES string of the molecule is O=C(O)C=CCCc1cc2ccccc2[nH]1. The van der Waals surface area contributed by atoms with Gasteiger partial charge in [-0.2, -0.15) is 0 Å². The van der Waals surface area contributed by atoms with Gasteiger partial charge in [0.1, 0.15) is 0 Å². The van der Waals surface area contributed by atoms with E-state index in [9.17, 15) is 4.79 Å². The van der Waals surface area contributed by atoms with E-state index in [1.807, 2.05) is 18.2 Å². The van der Waals surface area contributed by atoms with Gasteiger partial charge in [-0.05, 0) is 30.4 Å². The molecule has 2 aromatic rings. The number of fused-ring (bicyclic) bond motifs is 1. The fraction of sp³-hybridized carbons (Fsp3) is 0.154. The summed E-state index contributed by atoms with van der Waals surface area (Å²) < 4.78 is 0. The Morgan fingerprint density at radius 2 is 2.19 bits per heavy atom. The quantitative estimate of drug-likeness (QED) is 0.770. The minimum atomic E-state index is -0.892. The molecular weight excluding hydrogens is 202 g/mol. The van der Waals surface area contributed by atoms with Crippen molar-refractivity contribution in [3.8, 4) is 0 Å². The molecule has 0 aliphatic carbocycles. The van der Waals surface area contributed by atoms with Crippen LogP contribution in [0.15, 0.2) is 42.5 Å². The van der Waals surface area contributed by atoms with Crippen molar-refractivity contribution in [3.05, 3.63) is 48.2 Å². The highest BCUT2D eigenvalue weighted by Gasteiger charge is 1.98. The largest absolute Gasteiger partial charge is 0.478 e. The van der Waals surface area contributed by atoms with Crippen molar-refractivity contribution < 1.29 is 9.90 Å². The van der Waals surface area contributed by atoms with E-state index in [1.165, 1.54) is 11.5 Å². The maximum atomic E-state index is 10.3. The zero-order valence-electron chi connectivity index (χ0n) is 8.81. The minimum Gasteiger partial charge on any atom is -0.478 e. The van der Waals surface area contributed by atoms with Gasteiger partial charge in [-0.3, -0.25) is 0 Å². The van der Waals surface area contributed by atoms with E-state index in [4.69, 9.17) is 5.11 Å². The lowest BCUT2D eigenvalue weighted by Gasteiger charge is -1.91. The number of rotatable bonds is 4. The summed E-state index contributed by atoms with van der Waals surface area (Å²) in [6, 6.07) is 10.2. The molecule has 1 aromatic carbocycles. The molecule has 0 bridgehead atoms.